The molecule has 1 aromatic carbocycles. The molecule has 0 aliphatic carbocycles. The Bertz CT molecular complexity index is 233. The Balaban J connectivity index is 0.000000265. The van der Waals surface area contributed by atoms with E-state index in [1.165, 1.54) is 19.6 Å². The number of aromatic hydroxyl groups is 1. The summed E-state index contributed by atoms with van der Waals surface area (Å²) in [5.41, 5.74) is 5.69. The zero-order chi connectivity index (χ0) is 11.7. The van der Waals surface area contributed by atoms with Gasteiger partial charge in [0, 0.05) is 0 Å². The molecule has 0 fully saturated rings. The van der Waals surface area contributed by atoms with Crippen LogP contribution in [0.4, 0.5) is 5.69 Å². The molecule has 0 saturated heterocycles. The van der Waals surface area contributed by atoms with E-state index in [2.05, 4.69) is 25.7 Å². The number of nitrogen functional groups attached to an aromatic ring is 1. The third-order valence-electron chi connectivity index (χ3n) is 2.28. The highest BCUT2D eigenvalue weighted by atomic mass is 16.3. The van der Waals surface area contributed by atoms with Gasteiger partial charge in [-0.05, 0) is 31.8 Å². The number of anilines is 1. The second-order valence-corrected chi connectivity index (χ2v) is 3.18. The van der Waals surface area contributed by atoms with Crippen LogP contribution in [0.1, 0.15) is 20.8 Å². The van der Waals surface area contributed by atoms with Crippen molar-refractivity contribution in [3.05, 3.63) is 24.3 Å². The Morgan fingerprint density at radius 1 is 1.07 bits per heavy atom. The molecule has 0 aliphatic heterocycles. The van der Waals surface area contributed by atoms with Crippen molar-refractivity contribution in [3.8, 4) is 5.75 Å². The van der Waals surface area contributed by atoms with Gasteiger partial charge in [-0.3, -0.25) is 0 Å². The van der Waals surface area contributed by atoms with Gasteiger partial charge >= 0.3 is 0 Å². The summed E-state index contributed by atoms with van der Waals surface area (Å²) in [6, 6.07) is 6.70. The molecule has 1 aromatic rings. The summed E-state index contributed by atoms with van der Waals surface area (Å²) in [5, 5.41) is 8.79. The second kappa shape index (κ2) is 8.12. The first-order chi connectivity index (χ1) is 7.15. The first kappa shape index (κ1) is 13.8. The predicted molar refractivity (Wildman–Crippen MR) is 66.0 cm³/mol. The smallest absolute Gasteiger partial charge is 0.138 e. The first-order valence-electron chi connectivity index (χ1n) is 5.41. The van der Waals surface area contributed by atoms with Gasteiger partial charge in [0.2, 0.25) is 0 Å². The Morgan fingerprint density at radius 2 is 1.53 bits per heavy atom. The van der Waals surface area contributed by atoms with Gasteiger partial charge in [-0.15, -0.1) is 0 Å². The number of para-hydroxylation sites is 2. The molecule has 0 aromatic heterocycles. The molecule has 3 nitrogen and oxygen atoms in total. The fourth-order valence-corrected chi connectivity index (χ4v) is 1.16. The van der Waals surface area contributed by atoms with Crippen LogP contribution in [0.2, 0.25) is 0 Å². The van der Waals surface area contributed by atoms with Crippen LogP contribution in [0.5, 0.6) is 5.75 Å². The number of hydrogen-bond acceptors (Lipinski definition) is 3. The summed E-state index contributed by atoms with van der Waals surface area (Å²) < 4.78 is 0. The van der Waals surface area contributed by atoms with E-state index in [1.807, 2.05) is 0 Å². The highest BCUT2D eigenvalue weighted by Gasteiger charge is 1.89. The predicted octanol–water partition coefficient (Wildman–Crippen LogP) is 2.32. The van der Waals surface area contributed by atoms with Crippen molar-refractivity contribution in [2.45, 2.75) is 20.8 Å². The molecule has 0 bridgehead atoms. The molecule has 3 heteroatoms. The summed E-state index contributed by atoms with van der Waals surface area (Å²) in [4.78, 5) is 2.38. The molecule has 0 radical (unpaired) electrons. The normalized spacial score (nSPS) is 9.60. The summed E-state index contributed by atoms with van der Waals surface area (Å²) in [6.45, 7) is 10.1. The summed E-state index contributed by atoms with van der Waals surface area (Å²) in [7, 11) is 0. The second-order valence-electron chi connectivity index (χ2n) is 3.18. The lowest BCUT2D eigenvalue weighted by Crippen LogP contribution is -2.21. The molecule has 0 atom stereocenters. The minimum atomic E-state index is 0.146. The fraction of sp³-hybridized carbons (Fsp3) is 0.500. The van der Waals surface area contributed by atoms with Crippen molar-refractivity contribution in [1.29, 1.82) is 0 Å². The zero-order valence-corrected chi connectivity index (χ0v) is 9.90. The van der Waals surface area contributed by atoms with E-state index in [0.29, 0.717) is 5.69 Å². The fourth-order valence-electron chi connectivity index (χ4n) is 1.16. The third-order valence-corrected chi connectivity index (χ3v) is 2.28. The van der Waals surface area contributed by atoms with Crippen molar-refractivity contribution in [3.63, 3.8) is 0 Å². The van der Waals surface area contributed by atoms with E-state index in [1.54, 1.807) is 24.3 Å². The van der Waals surface area contributed by atoms with Crippen LogP contribution in [-0.2, 0) is 0 Å². The van der Waals surface area contributed by atoms with Gasteiger partial charge in [0.25, 0.3) is 0 Å². The number of rotatable bonds is 3. The zero-order valence-electron chi connectivity index (χ0n) is 9.90. The lowest BCUT2D eigenvalue weighted by Gasteiger charge is -2.13. The van der Waals surface area contributed by atoms with E-state index >= 15 is 0 Å². The molecule has 0 spiro atoms. The molecular weight excluding hydrogens is 188 g/mol. The van der Waals surface area contributed by atoms with Crippen LogP contribution in [0, 0.1) is 0 Å². The van der Waals surface area contributed by atoms with Gasteiger partial charge in [-0.2, -0.15) is 0 Å². The van der Waals surface area contributed by atoms with E-state index in [4.69, 9.17) is 10.8 Å². The van der Waals surface area contributed by atoms with E-state index in [9.17, 15) is 0 Å². The summed E-state index contributed by atoms with van der Waals surface area (Å²) in [6.07, 6.45) is 0. The van der Waals surface area contributed by atoms with Gasteiger partial charge in [-0.1, -0.05) is 32.9 Å². The molecule has 86 valence electrons. The molecule has 0 heterocycles. The molecular formula is C12H22N2O. The minimum absolute atomic E-state index is 0.146. The van der Waals surface area contributed by atoms with Crippen LogP contribution in [0.25, 0.3) is 0 Å². The number of phenols is 1. The average molecular weight is 210 g/mol. The Kier molecular flexibility index (Phi) is 7.46. The van der Waals surface area contributed by atoms with Gasteiger partial charge < -0.3 is 15.7 Å². The molecule has 0 saturated carbocycles. The molecule has 1 rings (SSSR count). The Hall–Kier alpha value is -1.22. The lowest BCUT2D eigenvalue weighted by molar-refractivity contribution is 0.321. The van der Waals surface area contributed by atoms with Crippen molar-refractivity contribution >= 4 is 5.69 Å². The average Bonchev–Trinajstić information content (AvgIpc) is 2.26. The number of benzene rings is 1. The highest BCUT2D eigenvalue weighted by molar-refractivity contribution is 5.50. The van der Waals surface area contributed by atoms with Crippen LogP contribution in [-0.4, -0.2) is 29.6 Å². The maximum absolute atomic E-state index is 8.79. The number of nitrogens with two attached hydrogens (primary N) is 1. The third kappa shape index (κ3) is 5.96. The first-order valence-corrected chi connectivity index (χ1v) is 5.41. The minimum Gasteiger partial charge on any atom is -0.506 e. The van der Waals surface area contributed by atoms with Crippen molar-refractivity contribution in [1.82, 2.24) is 4.90 Å². The monoisotopic (exact) mass is 210 g/mol. The van der Waals surface area contributed by atoms with E-state index < -0.39 is 0 Å². The van der Waals surface area contributed by atoms with Gasteiger partial charge in [0.05, 0.1) is 5.69 Å². The van der Waals surface area contributed by atoms with E-state index in [-0.39, 0.29) is 5.75 Å². The SMILES string of the molecule is CCN(CC)CC.Nc1ccccc1O. The van der Waals surface area contributed by atoms with Gasteiger partial charge in [-0.25, -0.2) is 0 Å². The highest BCUT2D eigenvalue weighted by Crippen LogP contribution is 2.16. The Labute approximate surface area is 92.5 Å². The standard InChI is InChI=1S/C6H7NO.C6H15N/c7-5-3-1-2-4-6(5)8;1-4-7(5-2)6-3/h1-4,8H,7H2;4-6H2,1-3H3. The van der Waals surface area contributed by atoms with Crippen LogP contribution in [0.3, 0.4) is 0 Å². The van der Waals surface area contributed by atoms with Gasteiger partial charge in [0.15, 0.2) is 0 Å². The van der Waals surface area contributed by atoms with Crippen molar-refractivity contribution in [2.75, 3.05) is 25.4 Å². The molecule has 15 heavy (non-hydrogen) atoms. The molecule has 0 unspecified atom stereocenters. The maximum Gasteiger partial charge on any atom is 0.138 e. The lowest BCUT2D eigenvalue weighted by atomic mass is 10.3. The van der Waals surface area contributed by atoms with Crippen molar-refractivity contribution in [2.24, 2.45) is 0 Å². The quantitative estimate of drug-likeness (QED) is 0.594. The number of phenolic OH excluding ortho intramolecular Hbond substituents is 1. The van der Waals surface area contributed by atoms with Crippen LogP contribution in [0.15, 0.2) is 24.3 Å². The number of nitrogens with zero attached hydrogens (tertiary/aromatic N) is 1. The number of hydrogen-bond donors (Lipinski definition) is 2. The molecule has 0 aliphatic rings. The summed E-state index contributed by atoms with van der Waals surface area (Å²) in [5.74, 6) is 0.146. The van der Waals surface area contributed by atoms with Gasteiger partial charge in [0.1, 0.15) is 5.75 Å². The van der Waals surface area contributed by atoms with E-state index in [0.717, 1.165) is 0 Å². The Morgan fingerprint density at radius 3 is 1.73 bits per heavy atom. The molecule has 0 amide bonds. The largest absolute Gasteiger partial charge is 0.506 e. The van der Waals surface area contributed by atoms with Crippen molar-refractivity contribution < 1.29 is 5.11 Å². The maximum atomic E-state index is 8.79. The van der Waals surface area contributed by atoms with Crippen LogP contribution < -0.4 is 5.73 Å². The van der Waals surface area contributed by atoms with Crippen LogP contribution >= 0.6 is 0 Å². The summed E-state index contributed by atoms with van der Waals surface area (Å²) >= 11 is 0. The topological polar surface area (TPSA) is 49.5 Å². The molecule has 3 N–H and O–H groups in total.